The van der Waals surface area contributed by atoms with Crippen molar-refractivity contribution in [2.24, 2.45) is 0 Å². The van der Waals surface area contributed by atoms with Crippen molar-refractivity contribution in [1.29, 1.82) is 0 Å². The highest BCUT2D eigenvalue weighted by molar-refractivity contribution is 5.73. The molecule has 0 radical (unpaired) electrons. The highest BCUT2D eigenvalue weighted by Gasteiger charge is 2.27. The fraction of sp³-hybridized carbons (Fsp3) is 0.423. The predicted molar refractivity (Wildman–Crippen MR) is 120 cm³/mol. The summed E-state index contributed by atoms with van der Waals surface area (Å²) in [5.74, 6) is -17.2. The van der Waals surface area contributed by atoms with Crippen LogP contribution in [0.4, 0.5) is 35.1 Å². The van der Waals surface area contributed by atoms with Gasteiger partial charge in [0.1, 0.15) is 5.76 Å². The van der Waals surface area contributed by atoms with Crippen molar-refractivity contribution in [2.45, 2.75) is 46.0 Å². The molecule has 0 heterocycles. The first-order chi connectivity index (χ1) is 18.5. The zero-order valence-electron chi connectivity index (χ0n) is 20.9. The lowest BCUT2D eigenvalue weighted by Gasteiger charge is -2.23. The van der Waals surface area contributed by atoms with Crippen LogP contribution in [-0.2, 0) is 14.3 Å². The number of esters is 1. The number of hydrogen-bond acceptors (Lipinski definition) is 5. The van der Waals surface area contributed by atoms with Gasteiger partial charge in [0.05, 0.1) is 32.8 Å². The normalized spacial score (nSPS) is 12.9. The topological polar surface area (TPSA) is 54.0 Å². The Bertz CT molecular complexity index is 1210. The summed E-state index contributed by atoms with van der Waals surface area (Å²) in [5, 5.41) is 0. The number of carbonyl (C=O) groups excluding carboxylic acids is 1. The molecule has 1 saturated carbocycles. The fourth-order valence-electron chi connectivity index (χ4n) is 3.52. The third kappa shape index (κ3) is 6.88. The molecule has 2 aromatic rings. The summed E-state index contributed by atoms with van der Waals surface area (Å²) >= 11 is 0. The smallest absolute Gasteiger partial charge is 0.313 e. The van der Waals surface area contributed by atoms with Crippen LogP contribution in [-0.4, -0.2) is 32.4 Å². The van der Waals surface area contributed by atoms with E-state index in [2.05, 4.69) is 4.74 Å². The highest BCUT2D eigenvalue weighted by atomic mass is 19.2. The minimum atomic E-state index is -2.11. The van der Waals surface area contributed by atoms with E-state index in [1.54, 1.807) is 0 Å². The Hall–Kier alpha value is -3.19. The molecule has 1 aliphatic carbocycles. The van der Waals surface area contributed by atoms with E-state index in [1.807, 2.05) is 0 Å². The van der Waals surface area contributed by atoms with E-state index in [0.717, 1.165) is 25.8 Å². The molecule has 13 heteroatoms. The molecule has 0 amide bonds. The van der Waals surface area contributed by atoms with Crippen LogP contribution in [0.2, 0.25) is 0 Å². The van der Waals surface area contributed by atoms with Crippen LogP contribution in [0.25, 0.3) is 0 Å². The van der Waals surface area contributed by atoms with Crippen molar-refractivity contribution in [1.82, 2.24) is 0 Å². The molecule has 39 heavy (non-hydrogen) atoms. The second-order valence-corrected chi connectivity index (χ2v) is 8.60. The lowest BCUT2D eigenvalue weighted by molar-refractivity contribution is -0.136. The molecular weight excluding hydrogens is 544 g/mol. The summed E-state index contributed by atoms with van der Waals surface area (Å²) in [6.07, 6.45) is 1.71. The Labute approximate surface area is 218 Å². The van der Waals surface area contributed by atoms with E-state index in [-0.39, 0.29) is 38.6 Å². The Kier molecular flexibility index (Phi) is 10.3. The Morgan fingerprint density at radius 1 is 0.590 bits per heavy atom. The largest absolute Gasteiger partial charge is 0.455 e. The third-order valence-corrected chi connectivity index (χ3v) is 5.98. The maximum atomic E-state index is 14.3. The van der Waals surface area contributed by atoms with Gasteiger partial charge in [0.15, 0.2) is 34.8 Å². The van der Waals surface area contributed by atoms with Crippen molar-refractivity contribution in [3.63, 3.8) is 0 Å². The summed E-state index contributed by atoms with van der Waals surface area (Å²) in [6.45, 7) is 1.69. The van der Waals surface area contributed by atoms with Gasteiger partial charge in [-0.05, 0) is 38.7 Å². The Morgan fingerprint density at radius 3 is 1.69 bits per heavy atom. The molecule has 5 nitrogen and oxygen atoms in total. The van der Waals surface area contributed by atoms with Gasteiger partial charge in [0.2, 0.25) is 23.2 Å². The first kappa shape index (κ1) is 30.4. The predicted octanol–water partition coefficient (Wildman–Crippen LogP) is 6.65. The SMILES string of the molecule is Cc1c(F)c(F)c(F)c(OC(CCOCCOCCC(=O)Oc2c(C)c(F)c(F)c(F)c2F)=C2CCC2)c1F. The van der Waals surface area contributed by atoms with Crippen LogP contribution in [0.3, 0.4) is 0 Å². The highest BCUT2D eigenvalue weighted by Crippen LogP contribution is 2.36. The van der Waals surface area contributed by atoms with Gasteiger partial charge in [-0.1, -0.05) is 0 Å². The lowest BCUT2D eigenvalue weighted by atomic mass is 9.90. The molecule has 214 valence electrons. The summed E-state index contributed by atoms with van der Waals surface area (Å²) in [7, 11) is 0. The summed E-state index contributed by atoms with van der Waals surface area (Å²) in [6, 6.07) is 0. The zero-order valence-corrected chi connectivity index (χ0v) is 20.9. The van der Waals surface area contributed by atoms with E-state index in [1.165, 1.54) is 0 Å². The van der Waals surface area contributed by atoms with Gasteiger partial charge in [-0.25, -0.2) is 26.3 Å². The van der Waals surface area contributed by atoms with Crippen LogP contribution < -0.4 is 9.47 Å². The maximum Gasteiger partial charge on any atom is 0.313 e. The second kappa shape index (κ2) is 13.2. The van der Waals surface area contributed by atoms with E-state index < -0.39 is 81.6 Å². The van der Waals surface area contributed by atoms with Gasteiger partial charge in [-0.2, -0.15) is 8.78 Å². The Morgan fingerprint density at radius 2 is 1.10 bits per heavy atom. The first-order valence-corrected chi connectivity index (χ1v) is 11.9. The Balaban J connectivity index is 1.42. The molecule has 2 aromatic carbocycles. The van der Waals surface area contributed by atoms with Crippen LogP contribution in [0.15, 0.2) is 11.3 Å². The second-order valence-electron chi connectivity index (χ2n) is 8.60. The number of benzene rings is 2. The fourth-order valence-corrected chi connectivity index (χ4v) is 3.52. The van der Waals surface area contributed by atoms with Crippen molar-refractivity contribution in [2.75, 3.05) is 26.4 Å². The minimum Gasteiger partial charge on any atom is -0.455 e. The van der Waals surface area contributed by atoms with Gasteiger partial charge < -0.3 is 18.9 Å². The molecule has 0 aliphatic heterocycles. The van der Waals surface area contributed by atoms with E-state index >= 15 is 0 Å². The molecule has 1 aliphatic rings. The number of carbonyl (C=O) groups is 1. The lowest BCUT2D eigenvalue weighted by Crippen LogP contribution is -2.16. The van der Waals surface area contributed by atoms with Crippen molar-refractivity contribution in [3.05, 3.63) is 69.0 Å². The number of halogens is 8. The molecule has 0 bridgehead atoms. The van der Waals surface area contributed by atoms with Crippen LogP contribution in [0.1, 0.15) is 43.2 Å². The molecule has 0 atom stereocenters. The molecule has 0 N–H and O–H groups in total. The summed E-state index contributed by atoms with van der Waals surface area (Å²) in [4.78, 5) is 11.8. The number of rotatable bonds is 12. The molecule has 0 aromatic heterocycles. The van der Waals surface area contributed by atoms with E-state index in [0.29, 0.717) is 12.8 Å². The van der Waals surface area contributed by atoms with E-state index in [4.69, 9.17) is 14.2 Å². The van der Waals surface area contributed by atoms with Crippen LogP contribution in [0, 0.1) is 60.4 Å². The molecule has 0 saturated heterocycles. The average Bonchev–Trinajstić information content (AvgIpc) is 2.89. The number of hydrogen-bond donors (Lipinski definition) is 0. The van der Waals surface area contributed by atoms with Gasteiger partial charge >= 0.3 is 5.97 Å². The van der Waals surface area contributed by atoms with Crippen molar-refractivity contribution in [3.8, 4) is 11.5 Å². The van der Waals surface area contributed by atoms with Gasteiger partial charge in [0, 0.05) is 17.5 Å². The molecular formula is C26H24F8O5. The third-order valence-electron chi connectivity index (χ3n) is 5.98. The molecule has 3 rings (SSSR count). The van der Waals surface area contributed by atoms with Gasteiger partial charge in [-0.15, -0.1) is 0 Å². The van der Waals surface area contributed by atoms with Crippen molar-refractivity contribution < 1.29 is 58.9 Å². The maximum absolute atomic E-state index is 14.3. The van der Waals surface area contributed by atoms with Crippen molar-refractivity contribution >= 4 is 5.97 Å². The van der Waals surface area contributed by atoms with Crippen LogP contribution >= 0.6 is 0 Å². The number of ether oxygens (including phenoxy) is 4. The zero-order chi connectivity index (χ0) is 28.9. The number of allylic oxidation sites excluding steroid dienone is 1. The summed E-state index contributed by atoms with van der Waals surface area (Å²) < 4.78 is 130. The quantitative estimate of drug-likeness (QED) is 0.0546. The standard InChI is InChI=1S/C26H24F8O5/c1-12-17(27)21(31)24(34)26(19(12)29)38-15(14-4-3-5-14)6-8-36-10-11-37-9-7-16(35)39-25-13(2)18(28)20(30)22(32)23(25)33/h3-11H2,1-2H3. The molecule has 0 spiro atoms. The van der Waals surface area contributed by atoms with Gasteiger partial charge in [-0.3, -0.25) is 4.79 Å². The van der Waals surface area contributed by atoms with Crippen LogP contribution in [0.5, 0.6) is 11.5 Å². The van der Waals surface area contributed by atoms with E-state index in [9.17, 15) is 39.9 Å². The minimum absolute atomic E-state index is 0.0150. The summed E-state index contributed by atoms with van der Waals surface area (Å²) in [5.41, 5.74) is -0.655. The molecule has 0 unspecified atom stereocenters. The molecule has 1 fully saturated rings. The first-order valence-electron chi connectivity index (χ1n) is 11.9. The van der Waals surface area contributed by atoms with Gasteiger partial charge in [0.25, 0.3) is 0 Å². The monoisotopic (exact) mass is 568 g/mol. The average molecular weight is 568 g/mol.